The lowest BCUT2D eigenvalue weighted by molar-refractivity contribution is -0.121. The maximum absolute atomic E-state index is 11.5. The van der Waals surface area contributed by atoms with Gasteiger partial charge in [0.1, 0.15) is 6.04 Å². The summed E-state index contributed by atoms with van der Waals surface area (Å²) in [5.74, 6) is 0.265. The molecule has 1 saturated heterocycles. The van der Waals surface area contributed by atoms with Gasteiger partial charge < -0.3 is 15.4 Å². The first-order valence-corrected chi connectivity index (χ1v) is 7.06. The Morgan fingerprint density at radius 1 is 1.40 bits per heavy atom. The molecule has 0 radical (unpaired) electrons. The number of hydrogen-bond acceptors (Lipinski definition) is 6. The lowest BCUT2D eigenvalue weighted by atomic mass is 10.2. The van der Waals surface area contributed by atoms with E-state index in [2.05, 4.69) is 9.36 Å². The smallest absolute Gasteiger partial charge is 0.242 e. The van der Waals surface area contributed by atoms with E-state index >= 15 is 0 Å². The lowest BCUT2D eigenvalue weighted by Gasteiger charge is -2.32. The number of primary amides is 1. The van der Waals surface area contributed by atoms with E-state index in [1.807, 2.05) is 35.2 Å². The average Bonchev–Trinajstić information content (AvgIpc) is 2.98. The molecular weight excluding hydrogens is 276 g/mol. The van der Waals surface area contributed by atoms with Crippen LogP contribution in [0.1, 0.15) is 0 Å². The molecular formula is C13H14N4O2S. The summed E-state index contributed by atoms with van der Waals surface area (Å²) >= 11 is 1.27. The summed E-state index contributed by atoms with van der Waals surface area (Å²) in [6, 6.07) is 9.27. The van der Waals surface area contributed by atoms with E-state index in [9.17, 15) is 4.79 Å². The van der Waals surface area contributed by atoms with Crippen LogP contribution in [0.15, 0.2) is 30.3 Å². The van der Waals surface area contributed by atoms with Crippen LogP contribution in [0.5, 0.6) is 0 Å². The zero-order valence-corrected chi connectivity index (χ0v) is 11.5. The van der Waals surface area contributed by atoms with Crippen molar-refractivity contribution in [2.24, 2.45) is 5.73 Å². The number of amides is 1. The van der Waals surface area contributed by atoms with E-state index < -0.39 is 11.9 Å². The molecule has 1 aliphatic rings. The largest absolute Gasteiger partial charge is 0.377 e. The second-order valence-electron chi connectivity index (χ2n) is 4.45. The van der Waals surface area contributed by atoms with Crippen molar-refractivity contribution in [3.8, 4) is 11.4 Å². The van der Waals surface area contributed by atoms with Crippen molar-refractivity contribution in [3.05, 3.63) is 30.3 Å². The number of aromatic nitrogens is 2. The van der Waals surface area contributed by atoms with Crippen molar-refractivity contribution in [1.29, 1.82) is 0 Å². The Hall–Kier alpha value is -1.99. The van der Waals surface area contributed by atoms with E-state index in [1.165, 1.54) is 11.5 Å². The summed E-state index contributed by atoms with van der Waals surface area (Å²) in [7, 11) is 0. The lowest BCUT2D eigenvalue weighted by Crippen LogP contribution is -2.52. The van der Waals surface area contributed by atoms with Crippen molar-refractivity contribution < 1.29 is 9.53 Å². The van der Waals surface area contributed by atoms with Crippen molar-refractivity contribution in [1.82, 2.24) is 9.36 Å². The Kier molecular flexibility index (Phi) is 3.62. The van der Waals surface area contributed by atoms with Crippen molar-refractivity contribution in [2.45, 2.75) is 6.04 Å². The summed E-state index contributed by atoms with van der Waals surface area (Å²) in [6.07, 6.45) is 0. The van der Waals surface area contributed by atoms with Crippen LogP contribution in [-0.4, -0.2) is 41.1 Å². The second-order valence-corrected chi connectivity index (χ2v) is 5.18. The molecule has 0 spiro atoms. The topological polar surface area (TPSA) is 81.3 Å². The molecule has 1 fully saturated rings. The minimum atomic E-state index is -0.472. The van der Waals surface area contributed by atoms with Gasteiger partial charge in [0.05, 0.1) is 13.2 Å². The number of morpholine rings is 1. The summed E-state index contributed by atoms with van der Waals surface area (Å²) in [4.78, 5) is 17.8. The van der Waals surface area contributed by atoms with Gasteiger partial charge in [0.15, 0.2) is 5.82 Å². The van der Waals surface area contributed by atoms with Crippen LogP contribution in [0.4, 0.5) is 5.13 Å². The van der Waals surface area contributed by atoms with E-state index in [0.717, 1.165) is 5.56 Å². The molecule has 1 amide bonds. The van der Waals surface area contributed by atoms with Gasteiger partial charge in [-0.15, -0.1) is 0 Å². The third-order valence-electron chi connectivity index (χ3n) is 3.15. The summed E-state index contributed by atoms with van der Waals surface area (Å²) in [5.41, 5.74) is 6.37. The molecule has 1 aliphatic heterocycles. The molecule has 1 aromatic carbocycles. The molecule has 3 rings (SSSR count). The molecule has 1 atom stereocenters. The quantitative estimate of drug-likeness (QED) is 0.908. The Morgan fingerprint density at radius 2 is 2.20 bits per heavy atom. The highest BCUT2D eigenvalue weighted by Gasteiger charge is 2.30. The first kappa shape index (κ1) is 13.0. The third-order valence-corrected chi connectivity index (χ3v) is 3.90. The zero-order valence-electron chi connectivity index (χ0n) is 10.7. The first-order chi connectivity index (χ1) is 9.75. The van der Waals surface area contributed by atoms with Crippen LogP contribution in [0.3, 0.4) is 0 Å². The second kappa shape index (κ2) is 5.56. The Labute approximate surface area is 120 Å². The number of rotatable bonds is 3. The Balaban J connectivity index is 1.87. The molecule has 104 valence electrons. The number of benzene rings is 1. The molecule has 1 aromatic heterocycles. The predicted octanol–water partition coefficient (Wildman–Crippen LogP) is 0.896. The van der Waals surface area contributed by atoms with Crippen LogP contribution in [0.2, 0.25) is 0 Å². The highest BCUT2D eigenvalue weighted by molar-refractivity contribution is 7.09. The molecule has 2 N–H and O–H groups in total. The SMILES string of the molecule is NC(=O)[C@@H]1COCCN1c1nc(-c2ccccc2)ns1. The molecule has 0 saturated carbocycles. The van der Waals surface area contributed by atoms with Gasteiger partial charge in [-0.25, -0.2) is 0 Å². The number of carbonyl (C=O) groups is 1. The fraction of sp³-hybridized carbons (Fsp3) is 0.308. The maximum atomic E-state index is 11.5. The fourth-order valence-corrected chi connectivity index (χ4v) is 2.87. The highest BCUT2D eigenvalue weighted by atomic mass is 32.1. The van der Waals surface area contributed by atoms with Crippen LogP contribution < -0.4 is 10.6 Å². The number of nitrogens with two attached hydrogens (primary N) is 1. The standard InChI is InChI=1S/C13H14N4O2S/c14-11(18)10-8-19-7-6-17(10)13-15-12(16-20-13)9-4-2-1-3-5-9/h1-5,10H,6-8H2,(H2,14,18)/t10-/m0/s1. The zero-order chi connectivity index (χ0) is 13.9. The summed E-state index contributed by atoms with van der Waals surface area (Å²) < 4.78 is 9.65. The van der Waals surface area contributed by atoms with Gasteiger partial charge in [-0.3, -0.25) is 4.79 Å². The molecule has 6 nitrogen and oxygen atoms in total. The van der Waals surface area contributed by atoms with E-state index in [1.54, 1.807) is 0 Å². The van der Waals surface area contributed by atoms with Crippen LogP contribution in [0, 0.1) is 0 Å². The molecule has 0 bridgehead atoms. The molecule has 0 aliphatic carbocycles. The third kappa shape index (κ3) is 2.50. The monoisotopic (exact) mass is 290 g/mol. The minimum absolute atomic E-state index is 0.301. The number of nitrogens with zero attached hydrogens (tertiary/aromatic N) is 3. The maximum Gasteiger partial charge on any atom is 0.242 e. The van der Waals surface area contributed by atoms with Gasteiger partial charge >= 0.3 is 0 Å². The minimum Gasteiger partial charge on any atom is -0.377 e. The van der Waals surface area contributed by atoms with E-state index in [0.29, 0.717) is 30.7 Å². The van der Waals surface area contributed by atoms with Gasteiger partial charge in [-0.2, -0.15) is 9.36 Å². The van der Waals surface area contributed by atoms with Crippen LogP contribution in [-0.2, 0) is 9.53 Å². The Bertz CT molecular complexity index is 601. The molecule has 0 unspecified atom stereocenters. The molecule has 20 heavy (non-hydrogen) atoms. The normalized spacial score (nSPS) is 19.0. The van der Waals surface area contributed by atoms with Crippen molar-refractivity contribution in [3.63, 3.8) is 0 Å². The number of hydrogen-bond donors (Lipinski definition) is 1. The Morgan fingerprint density at radius 3 is 2.95 bits per heavy atom. The first-order valence-electron chi connectivity index (χ1n) is 6.28. The number of anilines is 1. The summed E-state index contributed by atoms with van der Waals surface area (Å²) in [6.45, 7) is 1.46. The fourth-order valence-electron chi connectivity index (χ4n) is 2.10. The van der Waals surface area contributed by atoms with E-state index in [4.69, 9.17) is 10.5 Å². The molecule has 2 aromatic rings. The molecule has 2 heterocycles. The molecule has 7 heteroatoms. The van der Waals surface area contributed by atoms with Gasteiger partial charge in [0.25, 0.3) is 0 Å². The number of ether oxygens (including phenoxy) is 1. The van der Waals surface area contributed by atoms with Gasteiger partial charge in [0, 0.05) is 23.6 Å². The van der Waals surface area contributed by atoms with Crippen LogP contribution >= 0.6 is 11.5 Å². The van der Waals surface area contributed by atoms with Gasteiger partial charge in [0.2, 0.25) is 11.0 Å². The van der Waals surface area contributed by atoms with Crippen molar-refractivity contribution >= 4 is 22.6 Å². The summed E-state index contributed by atoms with van der Waals surface area (Å²) in [5, 5.41) is 0.705. The van der Waals surface area contributed by atoms with Gasteiger partial charge in [-0.1, -0.05) is 30.3 Å². The van der Waals surface area contributed by atoms with Crippen molar-refractivity contribution in [2.75, 3.05) is 24.7 Å². The highest BCUT2D eigenvalue weighted by Crippen LogP contribution is 2.26. The van der Waals surface area contributed by atoms with Crippen LogP contribution in [0.25, 0.3) is 11.4 Å². The van der Waals surface area contributed by atoms with E-state index in [-0.39, 0.29) is 0 Å². The predicted molar refractivity (Wildman–Crippen MR) is 76.5 cm³/mol. The number of carbonyl (C=O) groups excluding carboxylic acids is 1. The van der Waals surface area contributed by atoms with Gasteiger partial charge in [-0.05, 0) is 0 Å². The average molecular weight is 290 g/mol.